The van der Waals surface area contributed by atoms with Crippen LogP contribution in [0.3, 0.4) is 0 Å². The van der Waals surface area contributed by atoms with Crippen LogP contribution in [0.15, 0.2) is 24.5 Å². The molecule has 0 aliphatic heterocycles. The molecule has 0 saturated heterocycles. The van der Waals surface area contributed by atoms with E-state index in [-0.39, 0.29) is 5.56 Å². The minimum atomic E-state index is -1.17. The maximum absolute atomic E-state index is 10.1. The van der Waals surface area contributed by atoms with E-state index in [1.54, 1.807) is 13.3 Å². The van der Waals surface area contributed by atoms with Crippen LogP contribution >= 0.6 is 0 Å². The summed E-state index contributed by atoms with van der Waals surface area (Å²) in [4.78, 5) is 13.7. The molecular formula is C18H31NO2Sn. The number of carbonyl (C=O) groups is 1. The fourth-order valence-corrected chi connectivity index (χ4v) is 11.6. The third kappa shape index (κ3) is 12.0. The second-order valence-electron chi connectivity index (χ2n) is 5.58. The van der Waals surface area contributed by atoms with Gasteiger partial charge in [-0.25, -0.2) is 0 Å². The second kappa shape index (κ2) is 15.3. The van der Waals surface area contributed by atoms with Gasteiger partial charge in [0, 0.05) is 18.0 Å². The van der Waals surface area contributed by atoms with Crippen molar-refractivity contribution in [1.29, 1.82) is 0 Å². The van der Waals surface area contributed by atoms with Crippen LogP contribution in [0.2, 0.25) is 13.3 Å². The molecular weight excluding hydrogens is 381 g/mol. The number of pyridine rings is 1. The Kier molecular flexibility index (Phi) is 14.9. The molecule has 0 saturated carbocycles. The molecule has 1 rings (SSSR count). The zero-order chi connectivity index (χ0) is 16.6. The zero-order valence-corrected chi connectivity index (χ0v) is 17.3. The summed E-state index contributed by atoms with van der Waals surface area (Å²) >= 11 is -0.839. The topological polar surface area (TPSA) is 53.0 Å². The molecule has 124 valence electrons. The Balaban J connectivity index is 0.000000425. The van der Waals surface area contributed by atoms with Crippen LogP contribution in [0.25, 0.3) is 0 Å². The van der Waals surface area contributed by atoms with Crippen LogP contribution in [0.1, 0.15) is 69.7 Å². The summed E-state index contributed by atoms with van der Waals surface area (Å²) in [6.07, 6.45) is 11.7. The number of aromatic carboxylic acids is 1. The minimum absolute atomic E-state index is 0.157. The van der Waals surface area contributed by atoms with E-state index >= 15 is 0 Å². The number of carboxylic acid groups (broad SMARTS) is 1. The van der Waals surface area contributed by atoms with Crippen molar-refractivity contribution in [3.63, 3.8) is 0 Å². The molecule has 0 radical (unpaired) electrons. The molecule has 0 aliphatic rings. The van der Waals surface area contributed by atoms with Crippen LogP contribution in [-0.4, -0.2) is 30.7 Å². The molecule has 1 heterocycles. The Morgan fingerprint density at radius 2 is 1.36 bits per heavy atom. The molecule has 3 nitrogen and oxygen atoms in total. The third-order valence-corrected chi connectivity index (χ3v) is 12.6. The van der Waals surface area contributed by atoms with Crippen molar-refractivity contribution in [2.45, 2.75) is 72.6 Å². The van der Waals surface area contributed by atoms with Crippen LogP contribution in [-0.2, 0) is 0 Å². The average Bonchev–Trinajstić information content (AvgIpc) is 2.55. The number of aromatic nitrogens is 1. The summed E-state index contributed by atoms with van der Waals surface area (Å²) in [6, 6.07) is 2.77. The van der Waals surface area contributed by atoms with E-state index in [9.17, 15) is 9.90 Å². The smallest absolute Gasteiger partial charge is 0.0716 e. The monoisotopic (exact) mass is 413 g/mol. The first-order chi connectivity index (χ1) is 10.7. The molecule has 0 spiro atoms. The van der Waals surface area contributed by atoms with E-state index in [0.29, 0.717) is 0 Å². The summed E-state index contributed by atoms with van der Waals surface area (Å²) < 4.78 is 5.04. The molecule has 0 unspecified atom stereocenters. The molecule has 0 aliphatic carbocycles. The van der Waals surface area contributed by atoms with E-state index in [4.69, 9.17) is 0 Å². The van der Waals surface area contributed by atoms with Crippen molar-refractivity contribution in [1.82, 2.24) is 4.98 Å². The first-order valence-electron chi connectivity index (χ1n) is 8.60. The number of rotatable bonds is 10. The summed E-state index contributed by atoms with van der Waals surface area (Å²) in [5.74, 6) is -1.17. The van der Waals surface area contributed by atoms with E-state index in [1.807, 2.05) is 0 Å². The second-order valence-corrected chi connectivity index (χ2v) is 14.1. The van der Waals surface area contributed by atoms with E-state index < -0.39 is 25.7 Å². The van der Waals surface area contributed by atoms with Gasteiger partial charge in [0.15, 0.2) is 0 Å². The summed E-state index contributed by atoms with van der Waals surface area (Å²) in [5, 5.41) is 10.1. The number of carboxylic acids is 1. The number of unbranched alkanes of at least 4 members (excludes halogenated alkanes) is 3. The summed E-state index contributed by atoms with van der Waals surface area (Å²) in [7, 11) is 0. The standard InChI is InChI=1S/C6H5NO2.3C4H9.Sn/c8-6(9)5-1-3-7-4-2-5;3*1-3-4-2;/h1-4H,(H,8,9);3*1,3-4H2,2H3;/q;;;;+1/p-1. The maximum atomic E-state index is 10.1. The maximum Gasteiger partial charge on any atom is 0.0716 e. The Hall–Kier alpha value is -0.581. The number of nitrogens with zero attached hydrogens (tertiary/aromatic N) is 1. The van der Waals surface area contributed by atoms with Gasteiger partial charge in [0.1, 0.15) is 0 Å². The number of hydrogen-bond donors (Lipinski definition) is 0. The van der Waals surface area contributed by atoms with Crippen LogP contribution < -0.4 is 5.11 Å². The van der Waals surface area contributed by atoms with Gasteiger partial charge in [-0.05, 0) is 12.1 Å². The molecule has 22 heavy (non-hydrogen) atoms. The van der Waals surface area contributed by atoms with Gasteiger partial charge in [0.05, 0.1) is 5.97 Å². The number of carbonyl (C=O) groups excluding carboxylic acids is 1. The predicted octanol–water partition coefficient (Wildman–Crippen LogP) is 4.33. The van der Waals surface area contributed by atoms with Gasteiger partial charge in [-0.2, -0.15) is 0 Å². The van der Waals surface area contributed by atoms with E-state index in [0.717, 1.165) is 0 Å². The SMILES string of the molecule is CCC[CH2][Sn+]([CH2]CCC)[CH2]CCC.O=C([O-])c1ccncc1. The fourth-order valence-electron chi connectivity index (χ4n) is 2.14. The Morgan fingerprint density at radius 3 is 1.64 bits per heavy atom. The van der Waals surface area contributed by atoms with Crippen molar-refractivity contribution >= 4 is 25.7 Å². The van der Waals surface area contributed by atoms with Crippen molar-refractivity contribution in [2.75, 3.05) is 0 Å². The van der Waals surface area contributed by atoms with Gasteiger partial charge >= 0.3 is 92.4 Å². The third-order valence-electron chi connectivity index (χ3n) is 3.57. The molecule has 0 amide bonds. The van der Waals surface area contributed by atoms with E-state index in [1.165, 1.54) is 63.1 Å². The Bertz CT molecular complexity index is 352. The molecule has 0 atom stereocenters. The molecule has 0 bridgehead atoms. The molecule has 0 fully saturated rings. The summed E-state index contributed by atoms with van der Waals surface area (Å²) in [5.41, 5.74) is 0.157. The van der Waals surface area contributed by atoms with Crippen molar-refractivity contribution < 1.29 is 9.90 Å². The molecule has 1 aromatic rings. The molecule has 4 heteroatoms. The van der Waals surface area contributed by atoms with Gasteiger partial charge in [0.2, 0.25) is 0 Å². The van der Waals surface area contributed by atoms with Gasteiger partial charge in [-0.15, -0.1) is 0 Å². The van der Waals surface area contributed by atoms with Crippen LogP contribution in [0.5, 0.6) is 0 Å². The first kappa shape index (κ1) is 21.4. The average molecular weight is 412 g/mol. The van der Waals surface area contributed by atoms with Gasteiger partial charge in [-0.3, -0.25) is 4.98 Å². The predicted molar refractivity (Wildman–Crippen MR) is 93.5 cm³/mol. The fraction of sp³-hybridized carbons (Fsp3) is 0.667. The summed E-state index contributed by atoms with van der Waals surface area (Å²) in [6.45, 7) is 7.00. The Labute approximate surface area is 143 Å². The quantitative estimate of drug-likeness (QED) is 0.538. The van der Waals surface area contributed by atoms with Crippen molar-refractivity contribution in [3.8, 4) is 0 Å². The largest absolute Gasteiger partial charge is 0.545 e. The van der Waals surface area contributed by atoms with Gasteiger partial charge in [0.25, 0.3) is 0 Å². The normalized spacial score (nSPS) is 9.77. The molecule has 0 N–H and O–H groups in total. The molecule has 0 aromatic carbocycles. The van der Waals surface area contributed by atoms with E-state index in [2.05, 4.69) is 25.8 Å². The number of hydrogen-bond acceptors (Lipinski definition) is 3. The first-order valence-corrected chi connectivity index (χ1v) is 14.7. The van der Waals surface area contributed by atoms with Crippen LogP contribution in [0.4, 0.5) is 0 Å². The Morgan fingerprint density at radius 1 is 0.955 bits per heavy atom. The van der Waals surface area contributed by atoms with Crippen LogP contribution in [0, 0.1) is 0 Å². The van der Waals surface area contributed by atoms with Gasteiger partial charge < -0.3 is 9.90 Å². The zero-order valence-electron chi connectivity index (χ0n) is 14.4. The van der Waals surface area contributed by atoms with Crippen molar-refractivity contribution in [3.05, 3.63) is 30.1 Å². The molecule has 1 aromatic heterocycles. The van der Waals surface area contributed by atoms with Crippen molar-refractivity contribution in [2.24, 2.45) is 0 Å². The van der Waals surface area contributed by atoms with Gasteiger partial charge in [-0.1, -0.05) is 0 Å². The minimum Gasteiger partial charge on any atom is -0.545 e.